The number of amides is 1. The molecule has 5 heteroatoms. The van der Waals surface area contributed by atoms with Crippen LogP contribution in [0.3, 0.4) is 0 Å². The SMILES string of the molecule is COc1cccc(C2CCc3cc(Br)ccc3N2C(=O)OCc2ccccc2)c1. The molecule has 1 aliphatic rings. The Morgan fingerprint density at radius 2 is 1.90 bits per heavy atom. The van der Waals surface area contributed by atoms with Crippen molar-refractivity contribution in [1.29, 1.82) is 0 Å². The van der Waals surface area contributed by atoms with Crippen LogP contribution < -0.4 is 9.64 Å². The van der Waals surface area contributed by atoms with E-state index in [4.69, 9.17) is 9.47 Å². The maximum absolute atomic E-state index is 13.2. The Hall–Kier alpha value is -2.79. The molecule has 0 N–H and O–H groups in total. The number of carbonyl (C=O) groups excluding carboxylic acids is 1. The maximum atomic E-state index is 13.2. The molecule has 0 saturated heterocycles. The molecule has 0 bridgehead atoms. The third-order valence-electron chi connectivity index (χ3n) is 5.18. The summed E-state index contributed by atoms with van der Waals surface area (Å²) in [6.45, 7) is 0.243. The van der Waals surface area contributed by atoms with Gasteiger partial charge in [-0.15, -0.1) is 0 Å². The summed E-state index contributed by atoms with van der Waals surface area (Å²) in [6, 6.07) is 23.5. The monoisotopic (exact) mass is 451 g/mol. The molecular formula is C24H22BrNO3. The van der Waals surface area contributed by atoms with Gasteiger partial charge in [0, 0.05) is 4.47 Å². The molecular weight excluding hydrogens is 430 g/mol. The van der Waals surface area contributed by atoms with E-state index in [0.29, 0.717) is 0 Å². The number of halogens is 1. The van der Waals surface area contributed by atoms with Gasteiger partial charge in [-0.2, -0.15) is 0 Å². The van der Waals surface area contributed by atoms with Gasteiger partial charge in [-0.05, 0) is 59.9 Å². The summed E-state index contributed by atoms with van der Waals surface area (Å²) < 4.78 is 12.1. The summed E-state index contributed by atoms with van der Waals surface area (Å²) in [7, 11) is 1.65. The first-order chi connectivity index (χ1) is 14.2. The van der Waals surface area contributed by atoms with Crippen molar-refractivity contribution in [3.05, 3.63) is 94.0 Å². The molecule has 3 aromatic carbocycles. The van der Waals surface area contributed by atoms with Gasteiger partial charge in [0.25, 0.3) is 0 Å². The second-order valence-electron chi connectivity index (χ2n) is 7.01. The predicted molar refractivity (Wildman–Crippen MR) is 117 cm³/mol. The number of fused-ring (bicyclic) bond motifs is 1. The van der Waals surface area contributed by atoms with Gasteiger partial charge in [-0.3, -0.25) is 4.90 Å². The first-order valence-electron chi connectivity index (χ1n) is 9.58. The van der Waals surface area contributed by atoms with Crippen molar-refractivity contribution in [3.63, 3.8) is 0 Å². The number of hydrogen-bond acceptors (Lipinski definition) is 3. The smallest absolute Gasteiger partial charge is 0.415 e. The highest BCUT2D eigenvalue weighted by molar-refractivity contribution is 9.10. The van der Waals surface area contributed by atoms with Gasteiger partial charge >= 0.3 is 6.09 Å². The molecule has 1 heterocycles. The second kappa shape index (κ2) is 8.70. The zero-order chi connectivity index (χ0) is 20.2. The van der Waals surface area contributed by atoms with E-state index in [-0.39, 0.29) is 18.7 Å². The van der Waals surface area contributed by atoms with Crippen LogP contribution in [0.25, 0.3) is 0 Å². The molecule has 3 aromatic rings. The van der Waals surface area contributed by atoms with Gasteiger partial charge < -0.3 is 9.47 Å². The molecule has 1 unspecified atom stereocenters. The Morgan fingerprint density at radius 3 is 2.69 bits per heavy atom. The van der Waals surface area contributed by atoms with Crippen molar-refractivity contribution >= 4 is 27.7 Å². The van der Waals surface area contributed by atoms with Gasteiger partial charge in [-0.25, -0.2) is 4.79 Å². The highest BCUT2D eigenvalue weighted by Gasteiger charge is 2.33. The van der Waals surface area contributed by atoms with Crippen molar-refractivity contribution in [2.24, 2.45) is 0 Å². The molecule has 0 radical (unpaired) electrons. The van der Waals surface area contributed by atoms with Crippen molar-refractivity contribution in [2.75, 3.05) is 12.0 Å². The minimum atomic E-state index is -0.343. The fourth-order valence-electron chi connectivity index (χ4n) is 3.76. The van der Waals surface area contributed by atoms with Gasteiger partial charge in [0.2, 0.25) is 0 Å². The second-order valence-corrected chi connectivity index (χ2v) is 7.93. The van der Waals surface area contributed by atoms with Gasteiger partial charge in [0.15, 0.2) is 0 Å². The quantitative estimate of drug-likeness (QED) is 0.467. The number of aryl methyl sites for hydroxylation is 1. The molecule has 148 valence electrons. The first-order valence-corrected chi connectivity index (χ1v) is 10.4. The molecule has 1 amide bonds. The predicted octanol–water partition coefficient (Wildman–Crippen LogP) is 6.29. The van der Waals surface area contributed by atoms with E-state index < -0.39 is 0 Å². The fourth-order valence-corrected chi connectivity index (χ4v) is 4.17. The standard InChI is InChI=1S/C24H22BrNO3/c1-28-21-9-5-8-18(15-21)22-12-10-19-14-20(25)11-13-23(19)26(22)24(27)29-16-17-6-3-2-4-7-17/h2-9,11,13-15,22H,10,12,16H2,1H3. The summed E-state index contributed by atoms with van der Waals surface area (Å²) in [5, 5.41) is 0. The number of ether oxygens (including phenoxy) is 2. The summed E-state index contributed by atoms with van der Waals surface area (Å²) in [5.41, 5.74) is 4.03. The third kappa shape index (κ3) is 4.30. The molecule has 0 fully saturated rings. The molecule has 0 aliphatic carbocycles. The molecule has 4 nitrogen and oxygen atoms in total. The molecule has 0 saturated carbocycles. The zero-order valence-electron chi connectivity index (χ0n) is 16.2. The van der Waals surface area contributed by atoms with Crippen LogP contribution in [-0.2, 0) is 17.8 Å². The Labute approximate surface area is 179 Å². The minimum Gasteiger partial charge on any atom is -0.497 e. The summed E-state index contributed by atoms with van der Waals surface area (Å²) >= 11 is 3.54. The van der Waals surface area contributed by atoms with E-state index >= 15 is 0 Å². The van der Waals surface area contributed by atoms with Crippen LogP contribution in [0.15, 0.2) is 77.3 Å². The van der Waals surface area contributed by atoms with E-state index in [9.17, 15) is 4.79 Å². The van der Waals surface area contributed by atoms with Crippen molar-refractivity contribution < 1.29 is 14.3 Å². The van der Waals surface area contributed by atoms with Crippen LogP contribution in [0, 0.1) is 0 Å². The lowest BCUT2D eigenvalue weighted by Gasteiger charge is -2.37. The van der Waals surface area contributed by atoms with Crippen molar-refractivity contribution in [2.45, 2.75) is 25.5 Å². The van der Waals surface area contributed by atoms with Crippen molar-refractivity contribution in [3.8, 4) is 5.75 Å². The highest BCUT2D eigenvalue weighted by atomic mass is 79.9. The number of carbonyl (C=O) groups is 1. The highest BCUT2D eigenvalue weighted by Crippen LogP contribution is 2.40. The zero-order valence-corrected chi connectivity index (χ0v) is 17.8. The van der Waals surface area contributed by atoms with Crippen LogP contribution in [0.4, 0.5) is 10.5 Å². The van der Waals surface area contributed by atoms with Gasteiger partial charge in [-0.1, -0.05) is 58.4 Å². The molecule has 1 atom stereocenters. The molecule has 29 heavy (non-hydrogen) atoms. The van der Waals surface area contributed by atoms with E-state index in [1.54, 1.807) is 12.0 Å². The van der Waals surface area contributed by atoms with Crippen LogP contribution in [-0.4, -0.2) is 13.2 Å². The van der Waals surface area contributed by atoms with Crippen LogP contribution >= 0.6 is 15.9 Å². The first kappa shape index (κ1) is 19.5. The Bertz CT molecular complexity index is 1010. The van der Waals surface area contributed by atoms with Gasteiger partial charge in [0.05, 0.1) is 18.8 Å². The lowest BCUT2D eigenvalue weighted by molar-refractivity contribution is 0.143. The normalized spacial score (nSPS) is 15.5. The molecule has 4 rings (SSSR count). The van der Waals surface area contributed by atoms with Crippen LogP contribution in [0.1, 0.15) is 29.2 Å². The number of benzene rings is 3. The van der Waals surface area contributed by atoms with Crippen molar-refractivity contribution in [1.82, 2.24) is 0 Å². The number of rotatable bonds is 4. The number of nitrogens with zero attached hydrogens (tertiary/aromatic N) is 1. The number of methoxy groups -OCH3 is 1. The van der Waals surface area contributed by atoms with Gasteiger partial charge in [0.1, 0.15) is 12.4 Å². The van der Waals surface area contributed by atoms with E-state index in [1.807, 2.05) is 66.7 Å². The lowest BCUT2D eigenvalue weighted by Crippen LogP contribution is -2.38. The Morgan fingerprint density at radius 1 is 1.07 bits per heavy atom. The summed E-state index contributed by atoms with van der Waals surface area (Å²) in [6.07, 6.45) is 1.36. The minimum absolute atomic E-state index is 0.109. The fraction of sp³-hybridized carbons (Fsp3) is 0.208. The summed E-state index contributed by atoms with van der Waals surface area (Å²) in [5.74, 6) is 0.779. The lowest BCUT2D eigenvalue weighted by atomic mass is 9.91. The Kier molecular flexibility index (Phi) is 5.86. The topological polar surface area (TPSA) is 38.8 Å². The third-order valence-corrected chi connectivity index (χ3v) is 5.67. The maximum Gasteiger partial charge on any atom is 0.415 e. The molecule has 0 spiro atoms. The molecule has 1 aliphatic heterocycles. The van der Waals surface area contributed by atoms with Crippen LogP contribution in [0.5, 0.6) is 5.75 Å². The summed E-state index contributed by atoms with van der Waals surface area (Å²) in [4.78, 5) is 15.0. The largest absolute Gasteiger partial charge is 0.497 e. The van der Waals surface area contributed by atoms with E-state index in [2.05, 4.69) is 22.0 Å². The van der Waals surface area contributed by atoms with E-state index in [0.717, 1.165) is 45.4 Å². The average Bonchev–Trinajstić information content (AvgIpc) is 2.77. The van der Waals surface area contributed by atoms with E-state index in [1.165, 1.54) is 0 Å². The average molecular weight is 452 g/mol. The molecule has 0 aromatic heterocycles. The number of anilines is 1. The Balaban J connectivity index is 1.66. The van der Waals surface area contributed by atoms with Crippen LogP contribution in [0.2, 0.25) is 0 Å². The number of hydrogen-bond donors (Lipinski definition) is 0.